The van der Waals surface area contributed by atoms with Crippen LogP contribution >= 0.6 is 0 Å². The van der Waals surface area contributed by atoms with Gasteiger partial charge in [0, 0.05) is 48.4 Å². The van der Waals surface area contributed by atoms with Crippen LogP contribution in [0.25, 0.3) is 11.1 Å². The van der Waals surface area contributed by atoms with Crippen LogP contribution in [0.15, 0.2) is 85.2 Å². The Morgan fingerprint density at radius 3 is 2.50 bits per heavy atom. The van der Waals surface area contributed by atoms with E-state index in [2.05, 4.69) is 52.9 Å². The first-order chi connectivity index (χ1) is 18.5. The van der Waals surface area contributed by atoms with Gasteiger partial charge in [-0.3, -0.25) is 15.1 Å². The van der Waals surface area contributed by atoms with E-state index in [1.54, 1.807) is 12.4 Å². The Balaban J connectivity index is 1.56. The van der Waals surface area contributed by atoms with E-state index in [1.165, 1.54) is 22.3 Å². The molecule has 0 saturated heterocycles. The molecule has 0 aliphatic carbocycles. The van der Waals surface area contributed by atoms with Crippen molar-refractivity contribution in [2.24, 2.45) is 0 Å². The number of aliphatic carboxylic acids is 1. The van der Waals surface area contributed by atoms with Gasteiger partial charge in [-0.2, -0.15) is 0 Å². The van der Waals surface area contributed by atoms with Gasteiger partial charge in [0.25, 0.3) is 0 Å². The van der Waals surface area contributed by atoms with Crippen molar-refractivity contribution in [2.75, 3.05) is 11.9 Å². The number of aryl methyl sites for hydroxylation is 1. The minimum Gasteiger partial charge on any atom is -0.488 e. The summed E-state index contributed by atoms with van der Waals surface area (Å²) in [5, 5.41) is 25.1. The number of pyridine rings is 1. The molecule has 0 bridgehead atoms. The lowest BCUT2D eigenvalue weighted by Gasteiger charge is -2.19. The predicted octanol–water partition coefficient (Wildman–Crippen LogP) is 5.09. The van der Waals surface area contributed by atoms with Crippen molar-refractivity contribution in [3.05, 3.63) is 113 Å². The topological polar surface area (TPSA) is 104 Å². The zero-order chi connectivity index (χ0) is 26.9. The molecule has 0 fully saturated rings. The third-order valence-electron chi connectivity index (χ3n) is 6.54. The Bertz CT molecular complexity index is 1360. The van der Waals surface area contributed by atoms with Crippen molar-refractivity contribution in [3.8, 4) is 16.9 Å². The summed E-state index contributed by atoms with van der Waals surface area (Å²) in [5.41, 5.74) is 8.48. The smallest absolute Gasteiger partial charge is 0.323 e. The average molecular weight is 512 g/mol. The average Bonchev–Trinajstić information content (AvgIpc) is 2.93. The molecule has 38 heavy (non-hydrogen) atoms. The van der Waals surface area contributed by atoms with E-state index in [0.29, 0.717) is 18.9 Å². The zero-order valence-corrected chi connectivity index (χ0v) is 21.6. The van der Waals surface area contributed by atoms with Crippen molar-refractivity contribution >= 4 is 11.7 Å². The largest absolute Gasteiger partial charge is 0.488 e. The number of aliphatic hydroxyl groups excluding tert-OH is 1. The first-order valence-electron chi connectivity index (χ1n) is 12.6. The second-order valence-corrected chi connectivity index (χ2v) is 9.19. The maximum absolute atomic E-state index is 11.4. The third-order valence-corrected chi connectivity index (χ3v) is 6.54. The van der Waals surface area contributed by atoms with E-state index in [9.17, 15) is 15.0 Å². The highest BCUT2D eigenvalue weighted by molar-refractivity contribution is 5.73. The fraction of sp³-hybridized carbons (Fsp3) is 0.226. The molecule has 7 nitrogen and oxygen atoms in total. The first kappa shape index (κ1) is 26.9. The molecule has 196 valence electrons. The van der Waals surface area contributed by atoms with E-state index < -0.39 is 18.6 Å². The van der Waals surface area contributed by atoms with Crippen molar-refractivity contribution < 1.29 is 19.7 Å². The number of carboxylic acid groups (broad SMARTS) is 1. The molecule has 4 rings (SSSR count). The molecule has 1 aromatic heterocycles. The molecule has 0 saturated carbocycles. The van der Waals surface area contributed by atoms with E-state index in [1.807, 2.05) is 49.4 Å². The van der Waals surface area contributed by atoms with Gasteiger partial charge >= 0.3 is 5.97 Å². The zero-order valence-electron chi connectivity index (χ0n) is 21.6. The van der Waals surface area contributed by atoms with Crippen molar-refractivity contribution in [2.45, 2.75) is 39.6 Å². The predicted molar refractivity (Wildman–Crippen MR) is 149 cm³/mol. The summed E-state index contributed by atoms with van der Waals surface area (Å²) in [5.74, 6) is -0.472. The van der Waals surface area contributed by atoms with Gasteiger partial charge in [-0.15, -0.1) is 0 Å². The van der Waals surface area contributed by atoms with Crippen LogP contribution in [0.4, 0.5) is 5.69 Å². The fourth-order valence-corrected chi connectivity index (χ4v) is 4.31. The summed E-state index contributed by atoms with van der Waals surface area (Å²) in [6, 6.07) is 23.4. The normalized spacial score (nSPS) is 11.7. The highest BCUT2D eigenvalue weighted by Gasteiger charge is 2.17. The number of nitrogens with one attached hydrogen (secondary N) is 2. The molecule has 1 heterocycles. The second kappa shape index (κ2) is 12.9. The van der Waals surface area contributed by atoms with Crippen molar-refractivity contribution in [1.29, 1.82) is 0 Å². The number of aliphatic hydroxyl groups is 1. The molecule has 0 amide bonds. The Labute approximate surface area is 223 Å². The number of hydrogen-bond acceptors (Lipinski definition) is 6. The number of rotatable bonds is 12. The molecule has 0 spiro atoms. The van der Waals surface area contributed by atoms with Crippen LogP contribution in [0.3, 0.4) is 0 Å². The van der Waals surface area contributed by atoms with Crippen molar-refractivity contribution in [1.82, 2.24) is 10.3 Å². The van der Waals surface area contributed by atoms with Gasteiger partial charge in [0.15, 0.2) is 0 Å². The summed E-state index contributed by atoms with van der Waals surface area (Å²) < 4.78 is 6.17. The standard InChI is InChI=1S/C31H33N3O4/c1-21-14-26(18-34-29(19-35)31(36)37)30(38-20-23-8-7-13-32-16-23)15-28(21)33-17-25-11-6-12-27(22(25)2)24-9-4-3-5-10-24/h3-16,29,33-35H,17-20H2,1-2H3,(H,36,37). The number of anilines is 1. The van der Waals surface area contributed by atoms with E-state index in [-0.39, 0.29) is 6.54 Å². The lowest BCUT2D eigenvalue weighted by atomic mass is 9.96. The van der Waals surface area contributed by atoms with Crippen LogP contribution in [-0.4, -0.2) is 33.8 Å². The van der Waals surface area contributed by atoms with Gasteiger partial charge in [-0.1, -0.05) is 54.6 Å². The van der Waals surface area contributed by atoms with Crippen LogP contribution in [0.1, 0.15) is 27.8 Å². The minimum absolute atomic E-state index is 0.235. The van der Waals surface area contributed by atoms with Crippen LogP contribution in [0.5, 0.6) is 5.75 Å². The molecule has 1 atom stereocenters. The number of benzene rings is 3. The second-order valence-electron chi connectivity index (χ2n) is 9.19. The Hall–Kier alpha value is -4.20. The number of aromatic nitrogens is 1. The highest BCUT2D eigenvalue weighted by atomic mass is 16.5. The molecular weight excluding hydrogens is 478 g/mol. The van der Waals surface area contributed by atoms with E-state index in [4.69, 9.17) is 4.74 Å². The van der Waals surface area contributed by atoms with Crippen LogP contribution in [0.2, 0.25) is 0 Å². The fourth-order valence-electron chi connectivity index (χ4n) is 4.31. The molecule has 0 radical (unpaired) electrons. The van der Waals surface area contributed by atoms with Gasteiger partial charge in [-0.05, 0) is 53.8 Å². The maximum atomic E-state index is 11.4. The van der Waals surface area contributed by atoms with Crippen LogP contribution in [-0.2, 0) is 24.5 Å². The lowest BCUT2D eigenvalue weighted by molar-refractivity contribution is -0.140. The SMILES string of the molecule is Cc1cc(CNC(CO)C(=O)O)c(OCc2cccnc2)cc1NCc1cccc(-c2ccccc2)c1C. The van der Waals surface area contributed by atoms with Gasteiger partial charge in [0.05, 0.1) is 6.61 Å². The first-order valence-corrected chi connectivity index (χ1v) is 12.6. The van der Waals surface area contributed by atoms with Gasteiger partial charge in [0.1, 0.15) is 18.4 Å². The molecule has 7 heteroatoms. The Morgan fingerprint density at radius 1 is 0.974 bits per heavy atom. The summed E-state index contributed by atoms with van der Waals surface area (Å²) in [7, 11) is 0. The summed E-state index contributed by atoms with van der Waals surface area (Å²) in [6.07, 6.45) is 3.46. The number of carboxylic acids is 1. The molecule has 1 unspecified atom stereocenters. The third kappa shape index (κ3) is 6.76. The number of hydrogen-bond donors (Lipinski definition) is 4. The highest BCUT2D eigenvalue weighted by Crippen LogP contribution is 2.30. The number of ether oxygens (including phenoxy) is 1. The van der Waals surface area contributed by atoms with Crippen molar-refractivity contribution in [3.63, 3.8) is 0 Å². The molecule has 0 aliphatic rings. The van der Waals surface area contributed by atoms with Crippen LogP contribution in [0, 0.1) is 13.8 Å². The van der Waals surface area contributed by atoms with Gasteiger partial charge in [-0.25, -0.2) is 0 Å². The maximum Gasteiger partial charge on any atom is 0.323 e. The van der Waals surface area contributed by atoms with Gasteiger partial charge < -0.3 is 20.3 Å². The molecule has 0 aliphatic heterocycles. The summed E-state index contributed by atoms with van der Waals surface area (Å²) >= 11 is 0. The lowest BCUT2D eigenvalue weighted by Crippen LogP contribution is -2.39. The summed E-state index contributed by atoms with van der Waals surface area (Å²) in [6.45, 7) is 4.84. The quantitative estimate of drug-likeness (QED) is 0.210. The van der Waals surface area contributed by atoms with E-state index >= 15 is 0 Å². The van der Waals surface area contributed by atoms with E-state index in [0.717, 1.165) is 22.4 Å². The molecular formula is C31H33N3O4. The molecule has 4 aromatic rings. The Kier molecular flexibility index (Phi) is 9.08. The Morgan fingerprint density at radius 2 is 1.79 bits per heavy atom. The van der Waals surface area contributed by atoms with Gasteiger partial charge in [0.2, 0.25) is 0 Å². The number of carbonyl (C=O) groups is 1. The summed E-state index contributed by atoms with van der Waals surface area (Å²) in [4.78, 5) is 15.5. The minimum atomic E-state index is -1.10. The van der Waals surface area contributed by atoms with Crippen LogP contribution < -0.4 is 15.4 Å². The number of nitrogens with zero attached hydrogens (tertiary/aromatic N) is 1. The molecule has 4 N–H and O–H groups in total. The molecule has 3 aromatic carbocycles. The monoisotopic (exact) mass is 511 g/mol.